The number of ether oxygens (including phenoxy) is 2. The Balaban J connectivity index is 1.77. The molecule has 0 aliphatic heterocycles. The SMILES string of the molecule is COC(=O)c1ccc(C(=O)N(Cc2ccccc2)c2nc3c(OC)ccc(C)c3s2)cc1. The Bertz CT molecular complexity index is 1270. The van der Waals surface area contributed by atoms with E-state index < -0.39 is 5.97 Å². The van der Waals surface area contributed by atoms with Crippen LogP contribution in [0.1, 0.15) is 31.8 Å². The van der Waals surface area contributed by atoms with E-state index in [-0.39, 0.29) is 5.91 Å². The third-order valence-corrected chi connectivity index (χ3v) is 6.34. The van der Waals surface area contributed by atoms with E-state index in [9.17, 15) is 9.59 Å². The van der Waals surface area contributed by atoms with E-state index in [4.69, 9.17) is 14.5 Å². The first kappa shape index (κ1) is 21.5. The maximum atomic E-state index is 13.6. The van der Waals surface area contributed by atoms with Crippen LogP contribution in [-0.4, -0.2) is 31.1 Å². The zero-order valence-corrected chi connectivity index (χ0v) is 18.8. The molecule has 0 saturated heterocycles. The predicted octanol–water partition coefficient (Wildman–Crippen LogP) is 5.25. The number of hydrogen-bond donors (Lipinski definition) is 0. The third-order valence-electron chi connectivity index (χ3n) is 5.12. The molecule has 0 fully saturated rings. The number of rotatable bonds is 6. The van der Waals surface area contributed by atoms with Gasteiger partial charge in [0.25, 0.3) is 5.91 Å². The van der Waals surface area contributed by atoms with Crippen LogP contribution in [0.25, 0.3) is 10.2 Å². The molecule has 0 N–H and O–H groups in total. The van der Waals surface area contributed by atoms with E-state index >= 15 is 0 Å². The number of carbonyl (C=O) groups is 2. The predicted molar refractivity (Wildman–Crippen MR) is 126 cm³/mol. The molecular formula is C25H22N2O4S. The summed E-state index contributed by atoms with van der Waals surface area (Å²) in [5.41, 5.74) is 3.63. The molecular weight excluding hydrogens is 424 g/mol. The number of nitrogens with zero attached hydrogens (tertiary/aromatic N) is 2. The quantitative estimate of drug-likeness (QED) is 0.379. The summed E-state index contributed by atoms with van der Waals surface area (Å²) in [4.78, 5) is 31.7. The van der Waals surface area contributed by atoms with Crippen molar-refractivity contribution >= 4 is 38.6 Å². The van der Waals surface area contributed by atoms with Gasteiger partial charge in [0.1, 0.15) is 11.3 Å². The molecule has 0 spiro atoms. The van der Waals surface area contributed by atoms with Crippen LogP contribution in [0, 0.1) is 6.92 Å². The van der Waals surface area contributed by atoms with Crippen molar-refractivity contribution in [3.8, 4) is 5.75 Å². The molecule has 4 aromatic rings. The van der Waals surface area contributed by atoms with Gasteiger partial charge in [0, 0.05) is 5.56 Å². The summed E-state index contributed by atoms with van der Waals surface area (Å²) in [5, 5.41) is 0.582. The van der Waals surface area contributed by atoms with E-state index in [0.29, 0.717) is 28.6 Å². The number of aromatic nitrogens is 1. The van der Waals surface area contributed by atoms with Crippen molar-refractivity contribution < 1.29 is 19.1 Å². The lowest BCUT2D eigenvalue weighted by atomic mass is 10.1. The monoisotopic (exact) mass is 446 g/mol. The van der Waals surface area contributed by atoms with Gasteiger partial charge in [0.15, 0.2) is 5.13 Å². The van der Waals surface area contributed by atoms with Gasteiger partial charge in [-0.25, -0.2) is 9.78 Å². The summed E-state index contributed by atoms with van der Waals surface area (Å²) >= 11 is 1.46. The fourth-order valence-electron chi connectivity index (χ4n) is 3.39. The highest BCUT2D eigenvalue weighted by atomic mass is 32.1. The second-order valence-corrected chi connectivity index (χ2v) is 8.18. The maximum absolute atomic E-state index is 13.6. The van der Waals surface area contributed by atoms with E-state index in [0.717, 1.165) is 21.3 Å². The number of amides is 1. The van der Waals surface area contributed by atoms with Crippen molar-refractivity contribution in [3.63, 3.8) is 0 Å². The largest absolute Gasteiger partial charge is 0.494 e. The second kappa shape index (κ2) is 9.20. The van der Waals surface area contributed by atoms with Crippen molar-refractivity contribution in [2.45, 2.75) is 13.5 Å². The highest BCUT2D eigenvalue weighted by Gasteiger charge is 2.23. The topological polar surface area (TPSA) is 68.7 Å². The van der Waals surface area contributed by atoms with E-state index in [1.165, 1.54) is 18.4 Å². The Labute approximate surface area is 190 Å². The first-order valence-corrected chi connectivity index (χ1v) is 10.8. The molecule has 162 valence electrons. The summed E-state index contributed by atoms with van der Waals surface area (Å²) < 4.78 is 11.2. The van der Waals surface area contributed by atoms with Gasteiger partial charge in [0.05, 0.1) is 31.0 Å². The summed E-state index contributed by atoms with van der Waals surface area (Å²) in [6.07, 6.45) is 0. The molecule has 0 saturated carbocycles. The standard InChI is InChI=1S/C25H22N2O4S/c1-16-9-14-20(30-2)21-22(16)32-25(26-21)27(15-17-7-5-4-6-8-17)23(28)18-10-12-19(13-11-18)24(29)31-3/h4-14H,15H2,1-3H3. The van der Waals surface area contributed by atoms with Gasteiger partial charge >= 0.3 is 5.97 Å². The molecule has 3 aromatic carbocycles. The molecule has 0 radical (unpaired) electrons. The number of anilines is 1. The van der Waals surface area contributed by atoms with Crippen LogP contribution >= 0.6 is 11.3 Å². The van der Waals surface area contributed by atoms with Crippen molar-refractivity contribution in [1.29, 1.82) is 0 Å². The van der Waals surface area contributed by atoms with Crippen molar-refractivity contribution in [3.05, 3.63) is 89.0 Å². The van der Waals surface area contributed by atoms with Crippen LogP contribution in [0.2, 0.25) is 0 Å². The number of fused-ring (bicyclic) bond motifs is 1. The van der Waals surface area contributed by atoms with E-state index in [2.05, 4.69) is 0 Å². The lowest BCUT2D eigenvalue weighted by Crippen LogP contribution is -2.30. The Morgan fingerprint density at radius 3 is 2.28 bits per heavy atom. The average molecular weight is 447 g/mol. The number of hydrogen-bond acceptors (Lipinski definition) is 6. The highest BCUT2D eigenvalue weighted by molar-refractivity contribution is 7.22. The van der Waals surface area contributed by atoms with Gasteiger partial charge in [-0.2, -0.15) is 0 Å². The molecule has 4 rings (SSSR count). The Kier molecular flexibility index (Phi) is 6.18. The first-order valence-electron chi connectivity index (χ1n) is 10.00. The van der Waals surface area contributed by atoms with Gasteiger partial charge in [-0.1, -0.05) is 47.7 Å². The average Bonchev–Trinajstić information content (AvgIpc) is 3.29. The summed E-state index contributed by atoms with van der Waals surface area (Å²) in [7, 11) is 2.94. The number of aryl methyl sites for hydroxylation is 1. The van der Waals surface area contributed by atoms with Crippen LogP contribution in [0.15, 0.2) is 66.7 Å². The van der Waals surface area contributed by atoms with Gasteiger partial charge in [-0.05, 0) is 48.4 Å². The van der Waals surface area contributed by atoms with Crippen molar-refractivity contribution in [1.82, 2.24) is 4.98 Å². The fourth-order valence-corrected chi connectivity index (χ4v) is 4.44. The molecule has 32 heavy (non-hydrogen) atoms. The molecule has 0 aliphatic rings. The lowest BCUT2D eigenvalue weighted by molar-refractivity contribution is 0.0600. The molecule has 0 unspecified atom stereocenters. The van der Waals surface area contributed by atoms with Gasteiger partial charge < -0.3 is 9.47 Å². The number of esters is 1. The molecule has 0 aliphatic carbocycles. The lowest BCUT2D eigenvalue weighted by Gasteiger charge is -2.20. The summed E-state index contributed by atoms with van der Waals surface area (Å²) in [6.45, 7) is 2.37. The molecule has 0 bridgehead atoms. The minimum absolute atomic E-state index is 0.207. The first-order chi connectivity index (χ1) is 15.5. The minimum atomic E-state index is -0.445. The van der Waals surface area contributed by atoms with Crippen molar-refractivity contribution in [2.75, 3.05) is 19.1 Å². The molecule has 1 heterocycles. The number of thiazole rings is 1. The van der Waals surface area contributed by atoms with E-state index in [1.54, 1.807) is 36.3 Å². The molecule has 0 atom stereocenters. The zero-order valence-electron chi connectivity index (χ0n) is 18.0. The van der Waals surface area contributed by atoms with Crippen LogP contribution < -0.4 is 9.64 Å². The third kappa shape index (κ3) is 4.20. The van der Waals surface area contributed by atoms with E-state index in [1.807, 2.05) is 49.4 Å². The maximum Gasteiger partial charge on any atom is 0.337 e. The Hall–Kier alpha value is -3.71. The van der Waals surface area contributed by atoms with Crippen LogP contribution in [0.5, 0.6) is 5.75 Å². The van der Waals surface area contributed by atoms with Crippen LogP contribution in [0.3, 0.4) is 0 Å². The smallest absolute Gasteiger partial charge is 0.337 e. The fraction of sp³-hybridized carbons (Fsp3) is 0.160. The Morgan fingerprint density at radius 1 is 0.938 bits per heavy atom. The van der Waals surface area contributed by atoms with Gasteiger partial charge in [-0.3, -0.25) is 9.69 Å². The summed E-state index contributed by atoms with van der Waals surface area (Å²) in [6, 6.07) is 20.1. The second-order valence-electron chi connectivity index (χ2n) is 7.20. The normalized spacial score (nSPS) is 10.7. The summed E-state index contributed by atoms with van der Waals surface area (Å²) in [5.74, 6) is 0.0162. The highest BCUT2D eigenvalue weighted by Crippen LogP contribution is 2.37. The molecule has 1 amide bonds. The van der Waals surface area contributed by atoms with Crippen LogP contribution in [-0.2, 0) is 11.3 Å². The van der Waals surface area contributed by atoms with Gasteiger partial charge in [0.2, 0.25) is 0 Å². The number of methoxy groups -OCH3 is 2. The van der Waals surface area contributed by atoms with Crippen LogP contribution in [0.4, 0.5) is 5.13 Å². The molecule has 6 nitrogen and oxygen atoms in total. The molecule has 7 heteroatoms. The zero-order chi connectivity index (χ0) is 22.7. The molecule has 1 aromatic heterocycles. The van der Waals surface area contributed by atoms with Gasteiger partial charge in [-0.15, -0.1) is 0 Å². The minimum Gasteiger partial charge on any atom is -0.494 e. The Morgan fingerprint density at radius 2 is 1.62 bits per heavy atom. The van der Waals surface area contributed by atoms with Crippen molar-refractivity contribution in [2.24, 2.45) is 0 Å². The number of benzene rings is 3. The number of carbonyl (C=O) groups excluding carboxylic acids is 2.